The maximum atomic E-state index is 14.3. The van der Waals surface area contributed by atoms with E-state index in [2.05, 4.69) is 45.0 Å². The van der Waals surface area contributed by atoms with Crippen LogP contribution in [0.2, 0.25) is 0 Å². The maximum Gasteiger partial charge on any atom is 0.410 e. The molecule has 5 N–H and O–H groups in total. The van der Waals surface area contributed by atoms with Crippen LogP contribution in [0.4, 0.5) is 25.5 Å². The molecule has 0 spiro atoms. The summed E-state index contributed by atoms with van der Waals surface area (Å²) >= 11 is 0. The average Bonchev–Trinajstić information content (AvgIpc) is 4.26. The van der Waals surface area contributed by atoms with E-state index in [0.717, 1.165) is 33.8 Å². The van der Waals surface area contributed by atoms with Gasteiger partial charge in [-0.25, -0.2) is 33.5 Å². The van der Waals surface area contributed by atoms with Gasteiger partial charge in [-0.05, 0) is 112 Å². The Bertz CT molecular complexity index is 3020. The van der Waals surface area contributed by atoms with Crippen molar-refractivity contribution < 1.29 is 32.7 Å². The Balaban J connectivity index is 0.000000195. The number of likely N-dealkylation sites (tertiary alicyclic amines) is 2. The minimum absolute atomic E-state index is 0.00536. The molecule has 0 saturated carbocycles. The summed E-state index contributed by atoms with van der Waals surface area (Å²) in [5.41, 5.74) is 9.08. The number of benzene rings is 2. The first-order chi connectivity index (χ1) is 35.7. The van der Waals surface area contributed by atoms with Crippen LogP contribution in [0, 0.1) is 23.5 Å². The molecule has 0 radical (unpaired) electrons. The molecule has 20 heteroatoms. The monoisotopic (exact) mass is 1030 g/mol. The Hall–Kier alpha value is -7.22. The van der Waals surface area contributed by atoms with Gasteiger partial charge in [0.15, 0.2) is 0 Å². The number of ether oxygens (including phenoxy) is 1. The summed E-state index contributed by atoms with van der Waals surface area (Å²) in [7, 11) is 1.51. The standard InChI is InChI=1S/C32H42FN7O4.C23H27FN6O/c1-18(2)26(37-28(41)19(3)38(7)31(43)44-32(4,5)6)29(42)39-14-11-25-27(39)23(17-40(25)30-34-12-8-13-35-30)22-16-36-24-15-20(33)9-10-21(22)24;1-13(2)20(25)22(31)29-9-6-19-21(29)17(12-30(19)23-26-7-3-8-27-23)16-11-28-18-10-14(24)4-5-15(16)18/h8-10,12-13,15-16,18-19,23,25-27,36H,11,14,17H2,1-7H3,(H,37,41);3-5,7-8,10-11,13,17,19-21,28H,6,9,12,25H2,1-2H3/t19-,23+,25+,26-,27+;17-,19-,20+,21-/m01/s1. The van der Waals surface area contributed by atoms with E-state index in [1.165, 1.54) is 36.2 Å². The Morgan fingerprint density at radius 3 is 1.60 bits per heavy atom. The van der Waals surface area contributed by atoms with Crippen molar-refractivity contribution in [3.8, 4) is 0 Å². The van der Waals surface area contributed by atoms with Crippen LogP contribution >= 0.6 is 0 Å². The lowest BCUT2D eigenvalue weighted by Gasteiger charge is -2.34. The third-order valence-corrected chi connectivity index (χ3v) is 15.5. The zero-order chi connectivity index (χ0) is 53.6. The Labute approximate surface area is 435 Å². The summed E-state index contributed by atoms with van der Waals surface area (Å²) < 4.78 is 33.2. The molecule has 0 unspecified atom stereocenters. The number of anilines is 2. The van der Waals surface area contributed by atoms with Gasteiger partial charge in [0.25, 0.3) is 0 Å². The number of H-pyrrole nitrogens is 2. The zero-order valence-electron chi connectivity index (χ0n) is 44.1. The van der Waals surface area contributed by atoms with Gasteiger partial charge in [-0.2, -0.15) is 0 Å². The van der Waals surface area contributed by atoms with Crippen LogP contribution in [0.3, 0.4) is 0 Å². The Morgan fingerprint density at radius 2 is 1.17 bits per heavy atom. The van der Waals surface area contributed by atoms with Crippen molar-refractivity contribution in [3.05, 3.63) is 108 Å². The number of hydrogen-bond donors (Lipinski definition) is 4. The lowest BCUT2D eigenvalue weighted by Crippen LogP contribution is -2.57. The van der Waals surface area contributed by atoms with Crippen LogP contribution in [0.25, 0.3) is 21.8 Å². The smallest absolute Gasteiger partial charge is 0.410 e. The minimum atomic E-state index is -0.859. The lowest BCUT2D eigenvalue weighted by molar-refractivity contribution is -0.139. The molecule has 398 valence electrons. The number of nitrogens with two attached hydrogens (primary N) is 1. The highest BCUT2D eigenvalue weighted by Crippen LogP contribution is 2.46. The molecule has 4 amide bonds. The molecular formula is C55H69F2N13O5. The number of halogens is 2. The van der Waals surface area contributed by atoms with Gasteiger partial charge in [-0.3, -0.25) is 19.3 Å². The quantitative estimate of drug-likeness (QED) is 0.106. The van der Waals surface area contributed by atoms with Crippen LogP contribution in [0.5, 0.6) is 0 Å². The molecule has 10 rings (SSSR count). The van der Waals surface area contributed by atoms with Crippen molar-refractivity contribution in [2.75, 3.05) is 43.0 Å². The van der Waals surface area contributed by atoms with Gasteiger partial charge >= 0.3 is 6.09 Å². The van der Waals surface area contributed by atoms with Gasteiger partial charge in [0, 0.05) is 104 Å². The maximum absolute atomic E-state index is 14.3. The summed E-state index contributed by atoms with van der Waals surface area (Å²) in [6.45, 7) is 17.0. The van der Waals surface area contributed by atoms with Crippen LogP contribution in [-0.4, -0.2) is 150 Å². The van der Waals surface area contributed by atoms with E-state index in [1.807, 2.05) is 56.0 Å². The van der Waals surface area contributed by atoms with E-state index in [4.69, 9.17) is 10.5 Å². The Morgan fingerprint density at radius 1 is 0.720 bits per heavy atom. The van der Waals surface area contributed by atoms with Crippen molar-refractivity contribution in [1.82, 2.24) is 49.9 Å². The molecule has 0 bridgehead atoms. The van der Waals surface area contributed by atoms with E-state index in [-0.39, 0.29) is 71.3 Å². The first-order valence-corrected chi connectivity index (χ1v) is 26.0. The fraction of sp³-hybridized carbons (Fsp3) is 0.491. The molecule has 4 aliphatic rings. The van der Waals surface area contributed by atoms with Crippen molar-refractivity contribution in [3.63, 3.8) is 0 Å². The summed E-state index contributed by atoms with van der Waals surface area (Å²) in [4.78, 5) is 87.5. The third-order valence-electron chi connectivity index (χ3n) is 15.5. The highest BCUT2D eigenvalue weighted by Gasteiger charge is 2.54. The highest BCUT2D eigenvalue weighted by molar-refractivity contribution is 5.92. The van der Waals surface area contributed by atoms with Gasteiger partial charge in [0.05, 0.1) is 30.2 Å². The zero-order valence-corrected chi connectivity index (χ0v) is 44.1. The predicted molar refractivity (Wildman–Crippen MR) is 282 cm³/mol. The molecule has 6 aromatic rings. The van der Waals surface area contributed by atoms with Crippen LogP contribution in [-0.2, 0) is 19.1 Å². The van der Waals surface area contributed by atoms with Crippen LogP contribution in [0.15, 0.2) is 85.7 Å². The number of amides is 4. The first kappa shape index (κ1) is 52.6. The molecule has 4 fully saturated rings. The van der Waals surface area contributed by atoms with Gasteiger partial charge in [0.1, 0.15) is 29.3 Å². The van der Waals surface area contributed by atoms with Gasteiger partial charge < -0.3 is 45.4 Å². The van der Waals surface area contributed by atoms with Crippen LogP contribution in [0.1, 0.15) is 91.2 Å². The molecule has 9 atom stereocenters. The number of carbonyl (C=O) groups excluding carboxylic acids is 4. The normalized spacial score (nSPS) is 22.5. The number of carbonyl (C=O) groups is 4. The van der Waals surface area contributed by atoms with E-state index < -0.39 is 35.7 Å². The number of rotatable bonds is 11. The molecule has 8 heterocycles. The van der Waals surface area contributed by atoms with Crippen LogP contribution < -0.4 is 20.9 Å². The number of nitrogens with one attached hydrogen (secondary N) is 3. The van der Waals surface area contributed by atoms with Crippen molar-refractivity contribution in [1.29, 1.82) is 0 Å². The second-order valence-electron chi connectivity index (χ2n) is 22.0. The van der Waals surface area contributed by atoms with Crippen molar-refractivity contribution in [2.45, 2.75) is 128 Å². The lowest BCUT2D eigenvalue weighted by atomic mass is 9.90. The fourth-order valence-electron chi connectivity index (χ4n) is 11.5. The minimum Gasteiger partial charge on any atom is -0.444 e. The molecule has 4 saturated heterocycles. The van der Waals surface area contributed by atoms with Crippen molar-refractivity contribution >= 4 is 57.5 Å². The van der Waals surface area contributed by atoms with E-state index in [1.54, 1.807) is 70.7 Å². The summed E-state index contributed by atoms with van der Waals surface area (Å²) in [6.07, 6.45) is 11.7. The third kappa shape index (κ3) is 10.4. The predicted octanol–water partition coefficient (Wildman–Crippen LogP) is 6.72. The van der Waals surface area contributed by atoms with E-state index in [9.17, 15) is 28.0 Å². The first-order valence-electron chi connectivity index (χ1n) is 26.0. The number of likely N-dealkylation sites (N-methyl/N-ethyl adjacent to an activating group) is 1. The van der Waals surface area contributed by atoms with Gasteiger partial charge in [0.2, 0.25) is 29.6 Å². The molecule has 4 aromatic heterocycles. The summed E-state index contributed by atoms with van der Waals surface area (Å²) in [5, 5.41) is 4.81. The molecular weight excluding hydrogens is 961 g/mol. The van der Waals surface area contributed by atoms with E-state index in [0.29, 0.717) is 50.0 Å². The second kappa shape index (κ2) is 21.2. The highest BCUT2D eigenvalue weighted by atomic mass is 19.1. The van der Waals surface area contributed by atoms with Crippen molar-refractivity contribution in [2.24, 2.45) is 17.6 Å². The molecule has 2 aromatic carbocycles. The number of nitrogens with zero attached hydrogens (tertiary/aromatic N) is 9. The number of aromatic nitrogens is 6. The summed E-state index contributed by atoms with van der Waals surface area (Å²) in [6, 6.07) is 10.7. The Kier molecular flexibility index (Phi) is 14.9. The number of hydrogen-bond acceptors (Lipinski definition) is 12. The average molecular weight is 1030 g/mol. The fourth-order valence-corrected chi connectivity index (χ4v) is 11.5. The SMILES string of the molecule is CC(C)[C@H](N)C(=O)N1CC[C@@H]2[C@H]1[C@@H](c1c[nH]c3cc(F)ccc13)CN2c1ncccn1.CC(C)[C@H](NC(=O)[C@H](C)N(C)C(=O)OC(C)(C)C)C(=O)N1CC[C@@H]2[C@H]1[C@@H](c1c[nH]c3cc(F)ccc13)CN2c1ncccn1. The molecule has 75 heavy (non-hydrogen) atoms. The number of fused-ring (bicyclic) bond motifs is 4. The second-order valence-corrected chi connectivity index (χ2v) is 22.0. The van der Waals surface area contributed by atoms with Gasteiger partial charge in [-0.15, -0.1) is 0 Å². The van der Waals surface area contributed by atoms with E-state index >= 15 is 0 Å². The largest absolute Gasteiger partial charge is 0.444 e. The molecule has 0 aliphatic carbocycles. The van der Waals surface area contributed by atoms with Gasteiger partial charge in [-0.1, -0.05) is 27.7 Å². The topological polar surface area (TPSA) is 215 Å². The molecule has 18 nitrogen and oxygen atoms in total. The summed E-state index contributed by atoms with van der Waals surface area (Å²) in [5.74, 6) is -0.180. The number of aromatic amines is 2. The molecule has 4 aliphatic heterocycles.